The van der Waals surface area contributed by atoms with Gasteiger partial charge in [0.05, 0.1) is 0 Å². The molecule has 0 aliphatic rings. The second kappa shape index (κ2) is 15.2. The normalized spacial score (nSPS) is 9.62. The van der Waals surface area contributed by atoms with Crippen LogP contribution in [0.5, 0.6) is 0 Å². The van der Waals surface area contributed by atoms with Crippen LogP contribution in [0.15, 0.2) is 0 Å². The number of thiol groups is 1. The Morgan fingerprint density at radius 2 is 1.75 bits per heavy atom. The highest BCUT2D eigenvalue weighted by Gasteiger charge is 1.89. The molecule has 0 fully saturated rings. The lowest BCUT2D eigenvalue weighted by Gasteiger charge is -2.13. The molecule has 0 saturated heterocycles. The van der Waals surface area contributed by atoms with Gasteiger partial charge in [0, 0.05) is 20.3 Å². The minimum absolute atomic E-state index is 0.547. The van der Waals surface area contributed by atoms with Gasteiger partial charge in [0.1, 0.15) is 4.32 Å². The standard InChI is InChI=1S/C6H15N.C5H11NOS2/c1-4-7(5-2)6-3;1-7-4-2-3-6-5(8)9/h4-6H2,1-3H3;2-4H2,1H3,(H2,6,8,9). The third-order valence-corrected chi connectivity index (χ3v) is 2.45. The Bertz CT molecular complexity index is 147. The molecule has 1 N–H and O–H groups in total. The SMILES string of the molecule is CCN(CC)CC.COCCCNC(=S)S. The first-order chi connectivity index (χ1) is 7.62. The van der Waals surface area contributed by atoms with Crippen molar-refractivity contribution in [1.29, 1.82) is 0 Å². The average molecular weight is 266 g/mol. The zero-order valence-electron chi connectivity index (χ0n) is 11.0. The highest BCUT2D eigenvalue weighted by atomic mass is 32.1. The summed E-state index contributed by atoms with van der Waals surface area (Å²) in [7, 11) is 1.68. The van der Waals surface area contributed by atoms with E-state index in [4.69, 9.17) is 4.74 Å². The zero-order chi connectivity index (χ0) is 12.8. The van der Waals surface area contributed by atoms with E-state index in [1.807, 2.05) is 0 Å². The maximum Gasteiger partial charge on any atom is 0.130 e. The third kappa shape index (κ3) is 16.6. The maximum atomic E-state index is 4.82. The molecule has 5 heteroatoms. The van der Waals surface area contributed by atoms with Crippen molar-refractivity contribution in [2.45, 2.75) is 27.2 Å². The highest BCUT2D eigenvalue weighted by Crippen LogP contribution is 1.82. The lowest BCUT2D eigenvalue weighted by molar-refractivity contribution is 0.196. The highest BCUT2D eigenvalue weighted by molar-refractivity contribution is 8.11. The fourth-order valence-corrected chi connectivity index (χ4v) is 1.30. The van der Waals surface area contributed by atoms with Crippen molar-refractivity contribution in [2.24, 2.45) is 0 Å². The van der Waals surface area contributed by atoms with E-state index in [0.717, 1.165) is 19.6 Å². The van der Waals surface area contributed by atoms with Gasteiger partial charge in [-0.15, -0.1) is 12.6 Å². The first-order valence-corrected chi connectivity index (χ1v) is 6.65. The summed E-state index contributed by atoms with van der Waals surface area (Å²) in [4.78, 5) is 2.38. The summed E-state index contributed by atoms with van der Waals surface area (Å²) in [6.07, 6.45) is 0.969. The topological polar surface area (TPSA) is 24.5 Å². The molecule has 0 atom stereocenters. The van der Waals surface area contributed by atoms with Gasteiger partial charge in [0.15, 0.2) is 0 Å². The van der Waals surface area contributed by atoms with Crippen LogP contribution in [0.1, 0.15) is 27.2 Å². The number of ether oxygens (including phenoxy) is 1. The third-order valence-electron chi connectivity index (χ3n) is 2.14. The van der Waals surface area contributed by atoms with E-state index in [1.165, 1.54) is 19.6 Å². The van der Waals surface area contributed by atoms with Crippen LogP contribution in [0.25, 0.3) is 0 Å². The minimum Gasteiger partial charge on any atom is -0.385 e. The fourth-order valence-electron chi connectivity index (χ4n) is 1.08. The van der Waals surface area contributed by atoms with E-state index in [1.54, 1.807) is 7.11 Å². The summed E-state index contributed by atoms with van der Waals surface area (Å²) in [5.41, 5.74) is 0. The Kier molecular flexibility index (Phi) is 17.6. The molecular weight excluding hydrogens is 240 g/mol. The molecule has 0 heterocycles. The minimum atomic E-state index is 0.547. The summed E-state index contributed by atoms with van der Waals surface area (Å²) < 4.78 is 5.36. The van der Waals surface area contributed by atoms with Crippen molar-refractivity contribution >= 4 is 29.2 Å². The van der Waals surface area contributed by atoms with Crippen LogP contribution < -0.4 is 5.32 Å². The van der Waals surface area contributed by atoms with Gasteiger partial charge in [-0.3, -0.25) is 0 Å². The van der Waals surface area contributed by atoms with Gasteiger partial charge in [0.25, 0.3) is 0 Å². The van der Waals surface area contributed by atoms with Crippen LogP contribution in [-0.4, -0.2) is 49.1 Å². The number of nitrogens with one attached hydrogen (secondary N) is 1. The van der Waals surface area contributed by atoms with Crippen molar-refractivity contribution in [3.8, 4) is 0 Å². The Balaban J connectivity index is 0. The lowest BCUT2D eigenvalue weighted by Crippen LogP contribution is -2.21. The second-order valence-electron chi connectivity index (χ2n) is 3.20. The van der Waals surface area contributed by atoms with Crippen molar-refractivity contribution in [3.63, 3.8) is 0 Å². The quantitative estimate of drug-likeness (QED) is 0.419. The van der Waals surface area contributed by atoms with Crippen molar-refractivity contribution in [3.05, 3.63) is 0 Å². The summed E-state index contributed by atoms with van der Waals surface area (Å²) in [5, 5.41) is 2.90. The van der Waals surface area contributed by atoms with Gasteiger partial charge < -0.3 is 15.0 Å². The summed E-state index contributed by atoms with van der Waals surface area (Å²) in [6.45, 7) is 11.7. The smallest absolute Gasteiger partial charge is 0.130 e. The molecule has 0 aliphatic heterocycles. The summed E-state index contributed by atoms with van der Waals surface area (Å²) in [5.74, 6) is 0. The van der Waals surface area contributed by atoms with E-state index in [9.17, 15) is 0 Å². The van der Waals surface area contributed by atoms with Crippen LogP contribution in [0, 0.1) is 0 Å². The van der Waals surface area contributed by atoms with Gasteiger partial charge >= 0.3 is 0 Å². The summed E-state index contributed by atoms with van der Waals surface area (Å²) in [6, 6.07) is 0. The van der Waals surface area contributed by atoms with Gasteiger partial charge in [-0.1, -0.05) is 33.0 Å². The molecule has 0 bridgehead atoms. The van der Waals surface area contributed by atoms with Crippen LogP contribution >= 0.6 is 24.8 Å². The molecular formula is C11H26N2OS2. The monoisotopic (exact) mass is 266 g/mol. The second-order valence-corrected chi connectivity index (χ2v) is 4.36. The van der Waals surface area contributed by atoms with Crippen LogP contribution in [-0.2, 0) is 4.74 Å². The molecule has 0 radical (unpaired) electrons. The Labute approximate surface area is 111 Å². The predicted molar refractivity (Wildman–Crippen MR) is 79.5 cm³/mol. The van der Waals surface area contributed by atoms with E-state index < -0.39 is 0 Å². The number of rotatable bonds is 7. The molecule has 0 rings (SSSR count). The van der Waals surface area contributed by atoms with Gasteiger partial charge in [-0.25, -0.2) is 0 Å². The molecule has 0 unspecified atom stereocenters. The Morgan fingerprint density at radius 3 is 2.00 bits per heavy atom. The summed E-state index contributed by atoms with van der Waals surface area (Å²) >= 11 is 8.54. The molecule has 16 heavy (non-hydrogen) atoms. The van der Waals surface area contributed by atoms with Gasteiger partial charge in [0.2, 0.25) is 0 Å². The number of methoxy groups -OCH3 is 1. The Hall–Kier alpha value is 0.160. The molecule has 0 amide bonds. The molecule has 0 aromatic rings. The fraction of sp³-hybridized carbons (Fsp3) is 0.909. The number of hydrogen-bond acceptors (Lipinski definition) is 3. The largest absolute Gasteiger partial charge is 0.385 e. The molecule has 3 nitrogen and oxygen atoms in total. The first kappa shape index (κ1) is 18.5. The Morgan fingerprint density at radius 1 is 1.25 bits per heavy atom. The number of hydrogen-bond donors (Lipinski definition) is 2. The van der Waals surface area contributed by atoms with Crippen LogP contribution in [0.3, 0.4) is 0 Å². The lowest BCUT2D eigenvalue weighted by atomic mass is 10.5. The van der Waals surface area contributed by atoms with E-state index in [-0.39, 0.29) is 0 Å². The van der Waals surface area contributed by atoms with Crippen LogP contribution in [0.2, 0.25) is 0 Å². The van der Waals surface area contributed by atoms with Gasteiger partial charge in [-0.2, -0.15) is 0 Å². The molecule has 0 aliphatic carbocycles. The predicted octanol–water partition coefficient (Wildman–Crippen LogP) is 2.18. The number of thiocarbonyl (C=S) groups is 1. The molecule has 0 aromatic carbocycles. The number of nitrogens with zero attached hydrogens (tertiary/aromatic N) is 1. The molecule has 0 saturated carbocycles. The van der Waals surface area contributed by atoms with E-state index >= 15 is 0 Å². The van der Waals surface area contributed by atoms with Gasteiger partial charge in [-0.05, 0) is 26.1 Å². The molecule has 98 valence electrons. The van der Waals surface area contributed by atoms with Crippen molar-refractivity contribution in [1.82, 2.24) is 10.2 Å². The van der Waals surface area contributed by atoms with E-state index in [0.29, 0.717) is 4.32 Å². The maximum absolute atomic E-state index is 4.82. The zero-order valence-corrected chi connectivity index (χ0v) is 12.7. The average Bonchev–Trinajstić information content (AvgIpc) is 2.28. The van der Waals surface area contributed by atoms with Crippen molar-refractivity contribution < 1.29 is 4.74 Å². The first-order valence-electron chi connectivity index (χ1n) is 5.80. The molecule has 0 aromatic heterocycles. The molecule has 0 spiro atoms. The van der Waals surface area contributed by atoms with Crippen LogP contribution in [0.4, 0.5) is 0 Å². The van der Waals surface area contributed by atoms with Crippen molar-refractivity contribution in [2.75, 3.05) is 39.9 Å². The van der Waals surface area contributed by atoms with E-state index in [2.05, 4.69) is 55.8 Å².